The molecular formula is C28H42NO2P. The van der Waals surface area contributed by atoms with E-state index in [9.17, 15) is 9.79 Å². The lowest BCUT2D eigenvalue weighted by Crippen LogP contribution is -2.26. The first-order chi connectivity index (χ1) is 14.7. The van der Waals surface area contributed by atoms with E-state index in [4.69, 9.17) is 0 Å². The van der Waals surface area contributed by atoms with Gasteiger partial charge in [-0.25, -0.2) is 0 Å². The van der Waals surface area contributed by atoms with Crippen LogP contribution >= 0.6 is 8.53 Å². The van der Waals surface area contributed by atoms with Crippen LogP contribution in [-0.4, -0.2) is 16.3 Å². The summed E-state index contributed by atoms with van der Waals surface area (Å²) < 4.78 is 1.82. The van der Waals surface area contributed by atoms with Crippen molar-refractivity contribution in [2.45, 2.75) is 97.3 Å². The average Bonchev–Trinajstić information content (AvgIpc) is 2.68. The Kier molecular flexibility index (Phi) is 7.16. The molecule has 4 aliphatic heterocycles. The summed E-state index contributed by atoms with van der Waals surface area (Å²) in [6.45, 7) is 18.8. The van der Waals surface area contributed by atoms with Crippen molar-refractivity contribution in [3.05, 3.63) is 64.2 Å². The zero-order valence-corrected chi connectivity index (χ0v) is 22.2. The van der Waals surface area contributed by atoms with Crippen LogP contribution in [0.2, 0.25) is 0 Å². The highest BCUT2D eigenvalue weighted by Crippen LogP contribution is 2.45. The predicted octanol–water partition coefficient (Wildman–Crippen LogP) is 7.35. The molecule has 2 aromatic rings. The fourth-order valence-electron chi connectivity index (χ4n) is 4.86. The summed E-state index contributed by atoms with van der Waals surface area (Å²) in [6, 6.07) is 13.7. The quantitative estimate of drug-likeness (QED) is 0.442. The normalized spacial score (nSPS) is 17.5. The Labute approximate surface area is 196 Å². The van der Waals surface area contributed by atoms with Gasteiger partial charge in [-0.2, -0.15) is 0 Å². The van der Waals surface area contributed by atoms with Crippen molar-refractivity contribution >= 4 is 14.2 Å². The van der Waals surface area contributed by atoms with Gasteiger partial charge in [0.1, 0.15) is 0 Å². The number of benzene rings is 2. The van der Waals surface area contributed by atoms with Crippen molar-refractivity contribution in [3.8, 4) is 0 Å². The summed E-state index contributed by atoms with van der Waals surface area (Å²) in [7, 11) is -2.18. The van der Waals surface area contributed by atoms with Crippen LogP contribution in [0, 0.1) is 0 Å². The molecule has 0 atom stereocenters. The fourth-order valence-corrected chi connectivity index (χ4v) is 5.55. The SMILES string of the molecule is CC(C)(C)c1cc2ccc1CCCCCN(P(O)O)c1ccc(cc1C(C)(C)C)C2(C)C. The Bertz CT molecular complexity index is 951. The largest absolute Gasteiger partial charge is 0.333 e. The second-order valence-corrected chi connectivity index (χ2v) is 13.0. The second-order valence-electron chi connectivity index (χ2n) is 11.9. The highest BCUT2D eigenvalue weighted by atomic mass is 31.2. The molecule has 0 spiro atoms. The van der Waals surface area contributed by atoms with Crippen LogP contribution in [0.3, 0.4) is 0 Å². The average molecular weight is 456 g/mol. The van der Waals surface area contributed by atoms with Gasteiger partial charge in [0.25, 0.3) is 8.53 Å². The first kappa shape index (κ1) is 25.2. The van der Waals surface area contributed by atoms with Gasteiger partial charge in [0, 0.05) is 17.6 Å². The number of hydrogen-bond donors (Lipinski definition) is 2. The summed E-state index contributed by atoms with van der Waals surface area (Å²) >= 11 is 0. The van der Waals surface area contributed by atoms with E-state index in [0.717, 1.165) is 31.4 Å². The molecule has 0 unspecified atom stereocenters. The molecule has 0 radical (unpaired) electrons. The molecular weight excluding hydrogens is 413 g/mol. The first-order valence-corrected chi connectivity index (χ1v) is 13.2. The summed E-state index contributed by atoms with van der Waals surface area (Å²) in [6.07, 6.45) is 4.19. The van der Waals surface area contributed by atoms with Crippen LogP contribution in [0.15, 0.2) is 36.4 Å². The molecule has 32 heavy (non-hydrogen) atoms. The lowest BCUT2D eigenvalue weighted by molar-refractivity contribution is 0.473. The summed E-state index contributed by atoms with van der Waals surface area (Å²) in [5, 5.41) is 0. The van der Waals surface area contributed by atoms with Crippen molar-refractivity contribution in [3.63, 3.8) is 0 Å². The molecule has 0 fully saturated rings. The minimum atomic E-state index is -2.18. The third-order valence-corrected chi connectivity index (χ3v) is 7.82. The molecule has 4 heterocycles. The van der Waals surface area contributed by atoms with E-state index in [0.29, 0.717) is 6.54 Å². The highest BCUT2D eigenvalue weighted by Gasteiger charge is 2.31. The van der Waals surface area contributed by atoms with Gasteiger partial charge in [0.05, 0.1) is 0 Å². The van der Waals surface area contributed by atoms with Gasteiger partial charge in [-0.3, -0.25) is 0 Å². The Balaban J connectivity index is 2.25. The molecule has 0 saturated carbocycles. The summed E-state index contributed by atoms with van der Waals surface area (Å²) in [4.78, 5) is 20.6. The van der Waals surface area contributed by atoms with Crippen molar-refractivity contribution in [1.29, 1.82) is 0 Å². The van der Waals surface area contributed by atoms with E-state index in [2.05, 4.69) is 91.8 Å². The Morgan fingerprint density at radius 3 is 1.91 bits per heavy atom. The number of anilines is 1. The smallest absolute Gasteiger partial charge is 0.284 e. The molecule has 4 heteroatoms. The zero-order valence-electron chi connectivity index (χ0n) is 21.3. The molecule has 6 rings (SSSR count). The lowest BCUT2D eigenvalue weighted by Gasteiger charge is -2.35. The van der Waals surface area contributed by atoms with E-state index >= 15 is 0 Å². The van der Waals surface area contributed by atoms with Crippen molar-refractivity contribution in [2.24, 2.45) is 0 Å². The highest BCUT2D eigenvalue weighted by molar-refractivity contribution is 7.47. The molecule has 0 aliphatic carbocycles. The monoisotopic (exact) mass is 455 g/mol. The molecule has 0 aromatic heterocycles. The van der Waals surface area contributed by atoms with Crippen molar-refractivity contribution in [2.75, 3.05) is 11.2 Å². The van der Waals surface area contributed by atoms with Gasteiger partial charge in [-0.15, -0.1) is 0 Å². The van der Waals surface area contributed by atoms with Gasteiger partial charge >= 0.3 is 0 Å². The lowest BCUT2D eigenvalue weighted by atomic mass is 9.72. The van der Waals surface area contributed by atoms with Gasteiger partial charge in [0.2, 0.25) is 0 Å². The topological polar surface area (TPSA) is 43.7 Å². The van der Waals surface area contributed by atoms with E-state index < -0.39 is 8.53 Å². The van der Waals surface area contributed by atoms with Gasteiger partial charge < -0.3 is 14.5 Å². The fraction of sp³-hybridized carbons (Fsp3) is 0.571. The minimum absolute atomic E-state index is 0.0935. The van der Waals surface area contributed by atoms with Crippen molar-refractivity contribution in [1.82, 2.24) is 0 Å². The molecule has 2 N–H and O–H groups in total. The standard InChI is InChI=1S/C28H42NO2P/c1-26(2,3)23-18-21-14-13-20(23)12-10-9-11-17-29(32(30)31)25-16-15-22(28(21,7)8)19-24(25)27(4,5)6/h13-16,18-19,30-31H,9-12,17H2,1-8H3. The molecule has 176 valence electrons. The Hall–Kier alpha value is -1.41. The van der Waals surface area contributed by atoms with Crippen LogP contribution < -0.4 is 4.67 Å². The van der Waals surface area contributed by atoms with Crippen LogP contribution in [-0.2, 0) is 22.7 Å². The molecule has 0 saturated heterocycles. The summed E-state index contributed by atoms with van der Waals surface area (Å²) in [5.41, 5.74) is 7.42. The maximum Gasteiger partial charge on any atom is 0.284 e. The van der Waals surface area contributed by atoms with Crippen LogP contribution in [0.1, 0.15) is 102 Å². The third-order valence-electron chi connectivity index (χ3n) is 6.98. The van der Waals surface area contributed by atoms with Crippen molar-refractivity contribution < 1.29 is 9.79 Å². The zero-order chi connectivity index (χ0) is 23.9. The molecule has 4 aliphatic rings. The molecule has 4 bridgehead atoms. The van der Waals surface area contributed by atoms with Crippen LogP contribution in [0.5, 0.6) is 0 Å². The van der Waals surface area contributed by atoms with Crippen LogP contribution in [0.25, 0.3) is 0 Å². The first-order valence-electron chi connectivity index (χ1n) is 12.0. The molecule has 0 amide bonds. The Morgan fingerprint density at radius 1 is 0.781 bits per heavy atom. The number of nitrogens with zero attached hydrogens (tertiary/aromatic N) is 1. The van der Waals surface area contributed by atoms with E-state index in [1.165, 1.54) is 27.8 Å². The number of aryl methyl sites for hydroxylation is 1. The van der Waals surface area contributed by atoms with E-state index in [1.54, 1.807) is 0 Å². The predicted molar refractivity (Wildman–Crippen MR) is 139 cm³/mol. The van der Waals surface area contributed by atoms with E-state index in [1.807, 2.05) is 4.67 Å². The van der Waals surface area contributed by atoms with E-state index in [-0.39, 0.29) is 16.2 Å². The molecule has 2 aromatic carbocycles. The van der Waals surface area contributed by atoms with Gasteiger partial charge in [-0.05, 0) is 64.0 Å². The molecule has 3 nitrogen and oxygen atoms in total. The van der Waals surface area contributed by atoms with Gasteiger partial charge in [-0.1, -0.05) is 92.1 Å². The minimum Gasteiger partial charge on any atom is -0.333 e. The third kappa shape index (κ3) is 5.22. The van der Waals surface area contributed by atoms with Crippen LogP contribution in [0.4, 0.5) is 5.69 Å². The summed E-state index contributed by atoms with van der Waals surface area (Å²) in [5.74, 6) is 0. The van der Waals surface area contributed by atoms with Gasteiger partial charge in [0.15, 0.2) is 0 Å². The number of rotatable bonds is 1. The number of hydrogen-bond acceptors (Lipinski definition) is 3. The maximum absolute atomic E-state index is 10.3. The Morgan fingerprint density at radius 2 is 1.34 bits per heavy atom. The maximum atomic E-state index is 10.3. The second kappa shape index (κ2) is 9.09.